The van der Waals surface area contributed by atoms with Crippen LogP contribution in [-0.4, -0.2) is 30.6 Å². The van der Waals surface area contributed by atoms with Gasteiger partial charge in [0.1, 0.15) is 5.69 Å². The molecule has 0 aliphatic heterocycles. The smallest absolute Gasteiger partial charge is 0.196 e. The van der Waals surface area contributed by atoms with Gasteiger partial charge in [-0.1, -0.05) is 5.16 Å². The zero-order valence-corrected chi connectivity index (χ0v) is 9.79. The first-order valence-corrected chi connectivity index (χ1v) is 5.48. The zero-order valence-electron chi connectivity index (χ0n) is 8.98. The van der Waals surface area contributed by atoms with Crippen molar-refractivity contribution in [1.82, 2.24) is 19.5 Å². The normalized spacial score (nSPS) is 11.7. The summed E-state index contributed by atoms with van der Waals surface area (Å²) in [6, 6.07) is 1.57. The van der Waals surface area contributed by atoms with Gasteiger partial charge in [-0.25, -0.2) is 15.0 Å². The van der Waals surface area contributed by atoms with Crippen molar-refractivity contribution in [3.63, 3.8) is 0 Å². The number of nitrogens with two attached hydrogens (primary N) is 1. The maximum atomic E-state index is 8.56. The molecule has 0 fully saturated rings. The first-order valence-electron chi connectivity index (χ1n) is 4.67. The van der Waals surface area contributed by atoms with E-state index in [9.17, 15) is 0 Å². The van der Waals surface area contributed by atoms with Crippen LogP contribution in [0.3, 0.4) is 0 Å². The number of aryl methyl sites for hydroxylation is 1. The summed E-state index contributed by atoms with van der Waals surface area (Å²) in [5.74, 6) is -0.0471. The van der Waals surface area contributed by atoms with Gasteiger partial charge < -0.3 is 15.5 Å². The average molecular weight is 250 g/mol. The topological polar surface area (TPSA) is 102 Å². The van der Waals surface area contributed by atoms with Crippen molar-refractivity contribution in [2.75, 3.05) is 0 Å². The molecule has 2 heterocycles. The Bertz CT molecular complexity index is 552. The van der Waals surface area contributed by atoms with Crippen LogP contribution in [0.4, 0.5) is 0 Å². The minimum Gasteiger partial charge on any atom is -0.409 e. The Morgan fingerprint density at radius 3 is 2.94 bits per heavy atom. The van der Waals surface area contributed by atoms with Gasteiger partial charge in [0.15, 0.2) is 16.1 Å². The molecule has 0 aliphatic carbocycles. The molecule has 0 aromatic carbocycles. The fourth-order valence-electron chi connectivity index (χ4n) is 1.12. The second-order valence-electron chi connectivity index (χ2n) is 3.13. The van der Waals surface area contributed by atoms with Crippen LogP contribution in [0.1, 0.15) is 5.69 Å². The number of imidazole rings is 1. The van der Waals surface area contributed by atoms with E-state index < -0.39 is 0 Å². The Labute approximate surface area is 101 Å². The van der Waals surface area contributed by atoms with Gasteiger partial charge in [0.2, 0.25) is 0 Å². The van der Waals surface area contributed by atoms with E-state index in [0.717, 1.165) is 5.16 Å². The largest absolute Gasteiger partial charge is 0.409 e. The van der Waals surface area contributed by atoms with Crippen LogP contribution < -0.4 is 5.73 Å². The van der Waals surface area contributed by atoms with Gasteiger partial charge in [-0.05, 0) is 17.8 Å². The number of hydrogen-bond donors (Lipinski definition) is 2. The molecule has 2 aromatic heterocycles. The maximum Gasteiger partial charge on any atom is 0.196 e. The molecule has 0 amide bonds. The predicted molar refractivity (Wildman–Crippen MR) is 61.9 cm³/mol. The third kappa shape index (κ3) is 2.53. The second-order valence-corrected chi connectivity index (χ2v) is 4.07. The van der Waals surface area contributed by atoms with Gasteiger partial charge in [0.05, 0.1) is 0 Å². The Morgan fingerprint density at radius 1 is 1.47 bits per heavy atom. The van der Waals surface area contributed by atoms with E-state index in [-0.39, 0.29) is 5.84 Å². The molecule has 0 aliphatic rings. The third-order valence-corrected chi connectivity index (χ3v) is 2.92. The molecule has 0 spiro atoms. The number of hydrogen-bond acceptors (Lipinski definition) is 6. The van der Waals surface area contributed by atoms with Gasteiger partial charge in [-0.15, -0.1) is 0 Å². The third-order valence-electron chi connectivity index (χ3n) is 1.96. The highest BCUT2D eigenvalue weighted by atomic mass is 32.2. The van der Waals surface area contributed by atoms with E-state index in [1.165, 1.54) is 11.8 Å². The molecule has 2 rings (SSSR count). The summed E-state index contributed by atoms with van der Waals surface area (Å²) < 4.78 is 1.85. The predicted octanol–water partition coefficient (Wildman–Crippen LogP) is 0.456. The number of amidine groups is 1. The first kappa shape index (κ1) is 11.4. The van der Waals surface area contributed by atoms with E-state index in [1.807, 2.05) is 17.8 Å². The fraction of sp³-hybridized carbons (Fsp3) is 0.111. The minimum atomic E-state index is -0.0471. The molecule has 0 bridgehead atoms. The summed E-state index contributed by atoms with van der Waals surface area (Å²) >= 11 is 1.30. The molecule has 0 saturated heterocycles. The minimum absolute atomic E-state index is 0.0471. The maximum absolute atomic E-state index is 8.56. The Hall–Kier alpha value is -2.09. The van der Waals surface area contributed by atoms with E-state index in [2.05, 4.69) is 20.1 Å². The lowest BCUT2D eigenvalue weighted by atomic mass is 10.4. The molecule has 17 heavy (non-hydrogen) atoms. The molecule has 2 aromatic rings. The lowest BCUT2D eigenvalue weighted by Crippen LogP contribution is -2.15. The Kier molecular flexibility index (Phi) is 3.24. The Morgan fingerprint density at radius 2 is 2.29 bits per heavy atom. The molecule has 7 nitrogen and oxygen atoms in total. The fourth-order valence-corrected chi connectivity index (χ4v) is 1.86. The van der Waals surface area contributed by atoms with Crippen LogP contribution in [0.25, 0.3) is 0 Å². The standard InChI is InChI=1S/C9H10N6OS/c1-15-5-4-12-9(15)17-8-11-3-2-6(13-8)7(10)14-16/h2-5,16H,1H3,(H2,10,14). The number of oxime groups is 1. The molecule has 8 heteroatoms. The van der Waals surface area contributed by atoms with Gasteiger partial charge in [0, 0.05) is 25.6 Å². The molecule has 88 valence electrons. The zero-order chi connectivity index (χ0) is 12.3. The summed E-state index contributed by atoms with van der Waals surface area (Å²) in [5, 5.41) is 12.7. The van der Waals surface area contributed by atoms with Gasteiger partial charge in [-0.2, -0.15) is 0 Å². The molecule has 0 radical (unpaired) electrons. The Balaban J connectivity index is 2.26. The van der Waals surface area contributed by atoms with Crippen molar-refractivity contribution in [2.45, 2.75) is 10.3 Å². The SMILES string of the molecule is Cn1ccnc1Sc1nccc(/C(N)=N/O)n1. The van der Waals surface area contributed by atoms with E-state index in [1.54, 1.807) is 18.5 Å². The summed E-state index contributed by atoms with van der Waals surface area (Å²) in [6.07, 6.45) is 5.07. The molecule has 0 unspecified atom stereocenters. The van der Waals surface area contributed by atoms with E-state index in [0.29, 0.717) is 10.9 Å². The van der Waals surface area contributed by atoms with Crippen molar-refractivity contribution in [3.05, 3.63) is 30.4 Å². The first-order chi connectivity index (χ1) is 8.20. The summed E-state index contributed by atoms with van der Waals surface area (Å²) in [7, 11) is 1.88. The van der Waals surface area contributed by atoms with E-state index in [4.69, 9.17) is 10.9 Å². The quantitative estimate of drug-likeness (QED) is 0.270. The van der Waals surface area contributed by atoms with Crippen LogP contribution in [0.15, 0.2) is 40.1 Å². The summed E-state index contributed by atoms with van der Waals surface area (Å²) in [5.41, 5.74) is 5.82. The van der Waals surface area contributed by atoms with E-state index >= 15 is 0 Å². The van der Waals surface area contributed by atoms with Gasteiger partial charge >= 0.3 is 0 Å². The average Bonchev–Trinajstić information content (AvgIpc) is 2.74. The molecule has 3 N–H and O–H groups in total. The van der Waals surface area contributed by atoms with Crippen LogP contribution in [-0.2, 0) is 7.05 Å². The van der Waals surface area contributed by atoms with Crippen molar-refractivity contribution in [1.29, 1.82) is 0 Å². The summed E-state index contributed by atoms with van der Waals surface area (Å²) in [4.78, 5) is 12.4. The van der Waals surface area contributed by atoms with Gasteiger partial charge in [0.25, 0.3) is 0 Å². The lowest BCUT2D eigenvalue weighted by Gasteiger charge is -2.02. The highest BCUT2D eigenvalue weighted by molar-refractivity contribution is 7.99. The highest BCUT2D eigenvalue weighted by Gasteiger charge is 2.07. The van der Waals surface area contributed by atoms with Crippen molar-refractivity contribution in [3.8, 4) is 0 Å². The number of aromatic nitrogens is 4. The lowest BCUT2D eigenvalue weighted by molar-refractivity contribution is 0.318. The monoisotopic (exact) mass is 250 g/mol. The molecule has 0 atom stereocenters. The van der Waals surface area contributed by atoms with Crippen LogP contribution >= 0.6 is 11.8 Å². The molecule has 0 saturated carbocycles. The van der Waals surface area contributed by atoms with Crippen molar-refractivity contribution in [2.24, 2.45) is 17.9 Å². The molecular formula is C9H10N6OS. The van der Waals surface area contributed by atoms with Crippen molar-refractivity contribution >= 4 is 17.6 Å². The second kappa shape index (κ2) is 4.83. The molecular weight excluding hydrogens is 240 g/mol. The summed E-state index contributed by atoms with van der Waals surface area (Å²) in [6.45, 7) is 0. The highest BCUT2D eigenvalue weighted by Crippen LogP contribution is 2.21. The van der Waals surface area contributed by atoms with Gasteiger partial charge in [-0.3, -0.25) is 0 Å². The van der Waals surface area contributed by atoms with Crippen LogP contribution in [0.5, 0.6) is 0 Å². The number of rotatable bonds is 3. The van der Waals surface area contributed by atoms with Crippen LogP contribution in [0.2, 0.25) is 0 Å². The number of nitrogens with zero attached hydrogens (tertiary/aromatic N) is 5. The van der Waals surface area contributed by atoms with Crippen molar-refractivity contribution < 1.29 is 5.21 Å². The van der Waals surface area contributed by atoms with Crippen LogP contribution in [0, 0.1) is 0 Å².